The molecule has 0 aromatic carbocycles. The molecule has 1 N–H and O–H groups in total. The zero-order valence-corrected chi connectivity index (χ0v) is 12.3. The fourth-order valence-electron chi connectivity index (χ4n) is 1.61. The molecule has 0 bridgehead atoms. The number of pyridine rings is 1. The lowest BCUT2D eigenvalue weighted by Gasteiger charge is -2.13. The lowest BCUT2D eigenvalue weighted by atomic mass is 10.1. The zero-order chi connectivity index (χ0) is 12.4. The Kier molecular flexibility index (Phi) is 3.96. The molecule has 2 heterocycles. The van der Waals surface area contributed by atoms with E-state index in [1.54, 1.807) is 23.1 Å². The van der Waals surface area contributed by atoms with Gasteiger partial charge in [-0.2, -0.15) is 5.10 Å². The normalized spacial score (nSPS) is 12.7. The number of hydrogen-bond acceptors (Lipinski definition) is 3. The molecule has 2 rings (SSSR count). The maximum Gasteiger partial charge on any atom is 0.139 e. The van der Waals surface area contributed by atoms with Crippen LogP contribution in [0.25, 0.3) is 0 Å². The maximum atomic E-state index is 10.3. The van der Waals surface area contributed by atoms with Crippen LogP contribution in [0.15, 0.2) is 33.5 Å². The van der Waals surface area contributed by atoms with E-state index in [2.05, 4.69) is 41.9 Å². The lowest BCUT2D eigenvalue weighted by molar-refractivity contribution is 0.202. The predicted octanol–water partition coefficient (Wildman–Crippen LogP) is 2.90. The van der Waals surface area contributed by atoms with Crippen LogP contribution in [-0.4, -0.2) is 19.9 Å². The van der Waals surface area contributed by atoms with E-state index in [-0.39, 0.29) is 0 Å². The summed E-state index contributed by atoms with van der Waals surface area (Å²) < 4.78 is 3.38. The van der Waals surface area contributed by atoms with Crippen LogP contribution in [0.3, 0.4) is 0 Å². The number of rotatable bonds is 3. The molecular formula is C11H11Br2N3O. The molecule has 0 saturated heterocycles. The van der Waals surface area contributed by atoms with Gasteiger partial charge in [0.2, 0.25) is 0 Å². The molecule has 0 aliphatic carbocycles. The molecule has 0 saturated carbocycles. The van der Waals surface area contributed by atoms with E-state index >= 15 is 0 Å². The van der Waals surface area contributed by atoms with E-state index < -0.39 is 6.10 Å². The fourth-order valence-corrected chi connectivity index (χ4v) is 2.81. The standard InChI is InChI=1S/C11H11Br2N3O/c1-2-16-9(3-4-15-16)11(17)10-8(13)5-7(12)6-14-10/h3-6,11,17H,2H2,1H3. The summed E-state index contributed by atoms with van der Waals surface area (Å²) in [5.74, 6) is 0. The van der Waals surface area contributed by atoms with Gasteiger partial charge < -0.3 is 5.11 Å². The summed E-state index contributed by atoms with van der Waals surface area (Å²) in [6, 6.07) is 3.66. The molecule has 6 heteroatoms. The van der Waals surface area contributed by atoms with Crippen molar-refractivity contribution in [1.82, 2.24) is 14.8 Å². The second-order valence-electron chi connectivity index (χ2n) is 3.49. The van der Waals surface area contributed by atoms with E-state index in [0.29, 0.717) is 12.2 Å². The Morgan fingerprint density at radius 3 is 2.88 bits per heavy atom. The lowest BCUT2D eigenvalue weighted by Crippen LogP contribution is -2.10. The first-order valence-corrected chi connectivity index (χ1v) is 6.72. The van der Waals surface area contributed by atoms with Crippen LogP contribution in [0, 0.1) is 0 Å². The molecule has 0 amide bonds. The number of aliphatic hydroxyl groups excluding tert-OH is 1. The van der Waals surface area contributed by atoms with Crippen molar-refractivity contribution in [2.75, 3.05) is 0 Å². The monoisotopic (exact) mass is 359 g/mol. The molecule has 0 radical (unpaired) electrons. The van der Waals surface area contributed by atoms with Gasteiger partial charge in [0.1, 0.15) is 6.10 Å². The van der Waals surface area contributed by atoms with Crippen LogP contribution < -0.4 is 0 Å². The minimum Gasteiger partial charge on any atom is -0.380 e. The quantitative estimate of drug-likeness (QED) is 0.915. The minimum absolute atomic E-state index is 0.586. The molecule has 1 atom stereocenters. The average molecular weight is 361 g/mol. The third-order valence-electron chi connectivity index (χ3n) is 2.42. The zero-order valence-electron chi connectivity index (χ0n) is 9.14. The van der Waals surface area contributed by atoms with Crippen LogP contribution in [0.1, 0.15) is 24.4 Å². The largest absolute Gasteiger partial charge is 0.380 e. The SMILES string of the molecule is CCn1nccc1C(O)c1ncc(Br)cc1Br. The van der Waals surface area contributed by atoms with Gasteiger partial charge in [-0.3, -0.25) is 9.67 Å². The van der Waals surface area contributed by atoms with Crippen molar-refractivity contribution in [3.8, 4) is 0 Å². The molecular weight excluding hydrogens is 350 g/mol. The summed E-state index contributed by atoms with van der Waals surface area (Å²) in [4.78, 5) is 4.22. The van der Waals surface area contributed by atoms with Crippen LogP contribution in [0.2, 0.25) is 0 Å². The van der Waals surface area contributed by atoms with E-state index in [9.17, 15) is 5.11 Å². The summed E-state index contributed by atoms with van der Waals surface area (Å²) in [5, 5.41) is 14.4. The summed E-state index contributed by atoms with van der Waals surface area (Å²) >= 11 is 6.73. The molecule has 4 nitrogen and oxygen atoms in total. The highest BCUT2D eigenvalue weighted by Crippen LogP contribution is 2.28. The van der Waals surface area contributed by atoms with Gasteiger partial charge in [0.15, 0.2) is 0 Å². The molecule has 0 aliphatic rings. The highest BCUT2D eigenvalue weighted by atomic mass is 79.9. The van der Waals surface area contributed by atoms with Gasteiger partial charge in [0.25, 0.3) is 0 Å². The Bertz CT molecular complexity index is 527. The molecule has 2 aromatic rings. The summed E-state index contributed by atoms with van der Waals surface area (Å²) in [6.07, 6.45) is 2.56. The number of hydrogen-bond donors (Lipinski definition) is 1. The molecule has 2 aromatic heterocycles. The van der Waals surface area contributed by atoms with Gasteiger partial charge >= 0.3 is 0 Å². The van der Waals surface area contributed by atoms with Crippen LogP contribution in [-0.2, 0) is 6.54 Å². The molecule has 0 spiro atoms. The molecule has 17 heavy (non-hydrogen) atoms. The first-order valence-electron chi connectivity index (χ1n) is 5.14. The Labute approximate surface area is 116 Å². The second kappa shape index (κ2) is 5.29. The van der Waals surface area contributed by atoms with Gasteiger partial charge in [0, 0.05) is 27.9 Å². The van der Waals surface area contributed by atoms with Crippen molar-refractivity contribution in [1.29, 1.82) is 0 Å². The van der Waals surface area contributed by atoms with Crippen molar-refractivity contribution in [2.45, 2.75) is 19.6 Å². The van der Waals surface area contributed by atoms with E-state index in [1.807, 2.05) is 13.0 Å². The van der Waals surface area contributed by atoms with Crippen LogP contribution in [0.4, 0.5) is 0 Å². The third kappa shape index (κ3) is 2.59. The van der Waals surface area contributed by atoms with Gasteiger partial charge in [-0.25, -0.2) is 0 Å². The fraction of sp³-hybridized carbons (Fsp3) is 0.273. The number of aryl methyl sites for hydroxylation is 1. The van der Waals surface area contributed by atoms with E-state index in [1.165, 1.54) is 0 Å². The van der Waals surface area contributed by atoms with Crippen molar-refractivity contribution in [2.24, 2.45) is 0 Å². The number of aliphatic hydroxyl groups is 1. The minimum atomic E-state index is -0.778. The Balaban J connectivity index is 2.40. The first kappa shape index (κ1) is 12.7. The van der Waals surface area contributed by atoms with Crippen LogP contribution >= 0.6 is 31.9 Å². The van der Waals surface area contributed by atoms with Gasteiger partial charge in [-0.05, 0) is 50.9 Å². The van der Waals surface area contributed by atoms with Crippen molar-refractivity contribution in [3.63, 3.8) is 0 Å². The highest BCUT2D eigenvalue weighted by Gasteiger charge is 2.18. The highest BCUT2D eigenvalue weighted by molar-refractivity contribution is 9.11. The topological polar surface area (TPSA) is 50.9 Å². The average Bonchev–Trinajstić information content (AvgIpc) is 2.76. The number of nitrogens with zero attached hydrogens (tertiary/aromatic N) is 3. The Morgan fingerprint density at radius 1 is 1.47 bits per heavy atom. The van der Waals surface area contributed by atoms with Crippen molar-refractivity contribution in [3.05, 3.63) is 44.9 Å². The van der Waals surface area contributed by atoms with Crippen LogP contribution in [0.5, 0.6) is 0 Å². The van der Waals surface area contributed by atoms with Crippen molar-refractivity contribution >= 4 is 31.9 Å². The van der Waals surface area contributed by atoms with Gasteiger partial charge in [0.05, 0.1) is 11.4 Å². The van der Waals surface area contributed by atoms with Gasteiger partial charge in [-0.1, -0.05) is 0 Å². The third-order valence-corrected chi connectivity index (χ3v) is 3.49. The smallest absolute Gasteiger partial charge is 0.139 e. The van der Waals surface area contributed by atoms with Crippen molar-refractivity contribution < 1.29 is 5.11 Å². The Morgan fingerprint density at radius 2 is 2.24 bits per heavy atom. The number of aromatic nitrogens is 3. The summed E-state index contributed by atoms with van der Waals surface area (Å²) in [7, 11) is 0. The Hall–Kier alpha value is -0.720. The van der Waals surface area contributed by atoms with E-state index in [4.69, 9.17) is 0 Å². The number of halogens is 2. The molecule has 1 unspecified atom stereocenters. The molecule has 0 fully saturated rings. The van der Waals surface area contributed by atoms with Gasteiger partial charge in [-0.15, -0.1) is 0 Å². The first-order chi connectivity index (χ1) is 8.13. The molecule has 0 aliphatic heterocycles. The summed E-state index contributed by atoms with van der Waals surface area (Å²) in [5.41, 5.74) is 1.33. The van der Waals surface area contributed by atoms with E-state index in [0.717, 1.165) is 14.6 Å². The summed E-state index contributed by atoms with van der Waals surface area (Å²) in [6.45, 7) is 2.70. The molecule has 90 valence electrons. The maximum absolute atomic E-state index is 10.3. The second-order valence-corrected chi connectivity index (χ2v) is 5.26. The predicted molar refractivity (Wildman–Crippen MR) is 71.6 cm³/mol.